The lowest BCUT2D eigenvalue weighted by Crippen LogP contribution is -2.49. The van der Waals surface area contributed by atoms with Crippen LogP contribution in [0.2, 0.25) is 0 Å². The van der Waals surface area contributed by atoms with Crippen molar-refractivity contribution in [2.45, 2.75) is 58.7 Å². The fourth-order valence-electron chi connectivity index (χ4n) is 4.06. The predicted octanol–water partition coefficient (Wildman–Crippen LogP) is 2.34. The van der Waals surface area contributed by atoms with Crippen LogP contribution in [0.25, 0.3) is 16.6 Å². The lowest BCUT2D eigenvalue weighted by molar-refractivity contribution is -0.138. The van der Waals surface area contributed by atoms with Gasteiger partial charge in [0.1, 0.15) is 17.9 Å². The number of carbonyl (C=O) groups excluding carboxylic acids is 1. The third kappa shape index (κ3) is 2.45. The van der Waals surface area contributed by atoms with Crippen molar-refractivity contribution >= 4 is 22.5 Å². The second-order valence-electron chi connectivity index (χ2n) is 6.98. The number of rotatable bonds is 2. The Labute approximate surface area is 144 Å². The molecule has 0 bridgehead atoms. The van der Waals surface area contributed by atoms with Gasteiger partial charge in [-0.2, -0.15) is 5.10 Å². The molecule has 1 amide bonds. The fraction of sp³-hybridized carbons (Fsp3) is 0.500. The maximum Gasteiger partial charge on any atom is 0.291 e. The number of hydrogen-bond donors (Lipinski definition) is 0. The van der Waals surface area contributed by atoms with Gasteiger partial charge in [-0.05, 0) is 40.0 Å². The highest BCUT2D eigenvalue weighted by Crippen LogP contribution is 2.23. The Balaban J connectivity index is 1.73. The first-order chi connectivity index (χ1) is 12.0. The largest absolute Gasteiger partial charge is 0.463 e. The highest BCUT2D eigenvalue weighted by molar-refractivity contribution is 5.82. The second kappa shape index (κ2) is 5.75. The van der Waals surface area contributed by atoms with Crippen LogP contribution in [0.4, 0.5) is 0 Å². The summed E-state index contributed by atoms with van der Waals surface area (Å²) in [7, 11) is 0. The topological polar surface area (TPSA) is 72.8 Å². The van der Waals surface area contributed by atoms with E-state index in [2.05, 4.69) is 18.9 Å². The van der Waals surface area contributed by atoms with Crippen molar-refractivity contribution in [2.75, 3.05) is 0 Å². The Morgan fingerprint density at radius 1 is 1.28 bits per heavy atom. The number of likely N-dealkylation sites (tertiary alicyclic amines) is 1. The summed E-state index contributed by atoms with van der Waals surface area (Å²) >= 11 is 0. The summed E-state index contributed by atoms with van der Waals surface area (Å²) in [5.74, 6) is 0.604. The molecular weight excluding hydrogens is 320 g/mol. The second-order valence-corrected chi connectivity index (χ2v) is 6.98. The first-order valence-corrected chi connectivity index (χ1v) is 8.75. The van der Waals surface area contributed by atoms with Crippen LogP contribution in [0.5, 0.6) is 0 Å². The van der Waals surface area contributed by atoms with Crippen molar-refractivity contribution in [3.05, 3.63) is 34.6 Å². The Bertz CT molecular complexity index is 1000. The zero-order chi connectivity index (χ0) is 17.7. The minimum atomic E-state index is -0.275. The first kappa shape index (κ1) is 15.9. The molecule has 3 aromatic rings. The molecule has 4 rings (SSSR count). The van der Waals surface area contributed by atoms with Crippen LogP contribution in [0.3, 0.4) is 0 Å². The van der Waals surface area contributed by atoms with E-state index in [9.17, 15) is 9.59 Å². The van der Waals surface area contributed by atoms with Crippen LogP contribution in [0.1, 0.15) is 38.9 Å². The van der Waals surface area contributed by atoms with Gasteiger partial charge in [-0.3, -0.25) is 14.0 Å². The highest BCUT2D eigenvalue weighted by atomic mass is 16.3. The number of carbonyl (C=O) groups is 1. The molecule has 1 fully saturated rings. The van der Waals surface area contributed by atoms with Crippen LogP contribution in [0, 0.1) is 6.92 Å². The van der Waals surface area contributed by atoms with E-state index >= 15 is 0 Å². The molecule has 0 aliphatic carbocycles. The maximum absolute atomic E-state index is 12.8. The van der Waals surface area contributed by atoms with Crippen LogP contribution in [0.15, 0.2) is 27.6 Å². The van der Waals surface area contributed by atoms with Gasteiger partial charge in [0, 0.05) is 24.2 Å². The number of hydrogen-bond acceptors (Lipinski definition) is 4. The lowest BCUT2D eigenvalue weighted by Gasteiger charge is -2.39. The van der Waals surface area contributed by atoms with E-state index in [4.69, 9.17) is 4.42 Å². The molecule has 25 heavy (non-hydrogen) atoms. The molecule has 3 aromatic heterocycles. The molecule has 0 saturated carbocycles. The molecule has 1 aliphatic heterocycles. The summed E-state index contributed by atoms with van der Waals surface area (Å²) in [5.41, 5.74) is 1.66. The molecule has 1 aliphatic rings. The molecule has 4 heterocycles. The molecule has 0 unspecified atom stereocenters. The minimum Gasteiger partial charge on any atom is -0.463 e. The summed E-state index contributed by atoms with van der Waals surface area (Å²) < 4.78 is 8.44. The van der Waals surface area contributed by atoms with Gasteiger partial charge in [0.2, 0.25) is 5.91 Å². The fourth-order valence-corrected chi connectivity index (χ4v) is 4.06. The summed E-state index contributed by atoms with van der Waals surface area (Å²) in [5, 5.41) is 4.37. The summed E-state index contributed by atoms with van der Waals surface area (Å²) in [6.45, 7) is 5.93. The highest BCUT2D eigenvalue weighted by Gasteiger charge is 2.29. The quantitative estimate of drug-likeness (QED) is 0.716. The summed E-state index contributed by atoms with van der Waals surface area (Å²) in [4.78, 5) is 27.5. The maximum atomic E-state index is 12.8. The van der Waals surface area contributed by atoms with Crippen LogP contribution in [-0.4, -0.2) is 37.1 Å². The van der Waals surface area contributed by atoms with Crippen LogP contribution >= 0.6 is 0 Å². The molecule has 0 spiro atoms. The van der Waals surface area contributed by atoms with Gasteiger partial charge in [-0.15, -0.1) is 0 Å². The molecule has 0 aromatic carbocycles. The van der Waals surface area contributed by atoms with Crippen LogP contribution < -0.4 is 5.56 Å². The third-order valence-electron chi connectivity index (χ3n) is 5.23. The standard InChI is InChI=1S/C18H22N4O3/c1-11-5-4-6-12(2)21(11)17(23)10-20-18(24)15-9-16-14(7-8-25-16)22(15)13(3)19-20/h7-9,11-12H,4-6,10H2,1-3H3/t11-,12+. The van der Waals surface area contributed by atoms with Gasteiger partial charge in [0.15, 0.2) is 5.58 Å². The molecule has 1 saturated heterocycles. The SMILES string of the molecule is Cc1nn(CC(=O)N2[C@H](C)CCC[C@@H]2C)c(=O)c2cc3occc3n12. The summed E-state index contributed by atoms with van der Waals surface area (Å²) in [6.07, 6.45) is 4.74. The Kier molecular flexibility index (Phi) is 3.67. The van der Waals surface area contributed by atoms with E-state index in [1.165, 1.54) is 4.68 Å². The van der Waals surface area contributed by atoms with E-state index in [1.54, 1.807) is 16.7 Å². The molecule has 0 radical (unpaired) electrons. The average molecular weight is 342 g/mol. The molecule has 7 nitrogen and oxygen atoms in total. The lowest BCUT2D eigenvalue weighted by atomic mass is 9.97. The monoisotopic (exact) mass is 342 g/mol. The number of aryl methyl sites for hydroxylation is 1. The molecule has 132 valence electrons. The summed E-state index contributed by atoms with van der Waals surface area (Å²) in [6, 6.07) is 3.92. The van der Waals surface area contributed by atoms with E-state index in [0.29, 0.717) is 16.9 Å². The van der Waals surface area contributed by atoms with Crippen molar-refractivity contribution in [1.82, 2.24) is 19.1 Å². The van der Waals surface area contributed by atoms with Crippen molar-refractivity contribution in [1.29, 1.82) is 0 Å². The molecular formula is C18H22N4O3. The first-order valence-electron chi connectivity index (χ1n) is 8.75. The normalized spacial score (nSPS) is 21.3. The Morgan fingerprint density at radius 3 is 2.72 bits per heavy atom. The predicted molar refractivity (Wildman–Crippen MR) is 93.6 cm³/mol. The van der Waals surface area contributed by atoms with Gasteiger partial charge in [0.05, 0.1) is 11.8 Å². The number of amides is 1. The molecule has 7 heteroatoms. The number of aromatic nitrogens is 3. The van der Waals surface area contributed by atoms with Crippen molar-refractivity contribution in [3.63, 3.8) is 0 Å². The minimum absolute atomic E-state index is 0.0304. The van der Waals surface area contributed by atoms with E-state index < -0.39 is 0 Å². The number of fused-ring (bicyclic) bond motifs is 3. The average Bonchev–Trinajstić information content (AvgIpc) is 3.12. The van der Waals surface area contributed by atoms with Crippen LogP contribution in [-0.2, 0) is 11.3 Å². The number of piperidine rings is 1. The van der Waals surface area contributed by atoms with Crippen molar-refractivity contribution in [3.8, 4) is 0 Å². The van der Waals surface area contributed by atoms with Gasteiger partial charge in [-0.25, -0.2) is 4.68 Å². The molecule has 2 atom stereocenters. The zero-order valence-corrected chi connectivity index (χ0v) is 14.7. The van der Waals surface area contributed by atoms with Crippen molar-refractivity contribution < 1.29 is 9.21 Å². The van der Waals surface area contributed by atoms with E-state index in [-0.39, 0.29) is 30.1 Å². The smallest absolute Gasteiger partial charge is 0.291 e. The number of furan rings is 1. The van der Waals surface area contributed by atoms with Gasteiger partial charge in [-0.1, -0.05) is 0 Å². The number of nitrogens with zero attached hydrogens (tertiary/aromatic N) is 4. The zero-order valence-electron chi connectivity index (χ0n) is 14.7. The van der Waals surface area contributed by atoms with Gasteiger partial charge in [0.25, 0.3) is 5.56 Å². The molecule has 0 N–H and O–H groups in total. The Morgan fingerprint density at radius 2 is 2.00 bits per heavy atom. The van der Waals surface area contributed by atoms with Gasteiger partial charge < -0.3 is 9.32 Å². The van der Waals surface area contributed by atoms with E-state index in [0.717, 1.165) is 24.8 Å². The Hall–Kier alpha value is -2.57. The third-order valence-corrected chi connectivity index (χ3v) is 5.23. The van der Waals surface area contributed by atoms with E-state index in [1.807, 2.05) is 17.9 Å². The van der Waals surface area contributed by atoms with Gasteiger partial charge >= 0.3 is 0 Å². The van der Waals surface area contributed by atoms with Crippen molar-refractivity contribution in [2.24, 2.45) is 0 Å².